The highest BCUT2D eigenvalue weighted by Crippen LogP contribution is 2.12. The number of nitrogens with one attached hydrogen (secondary N) is 2. The number of nitrogen functional groups attached to an aromatic ring is 1. The fourth-order valence-electron chi connectivity index (χ4n) is 1.34. The van der Waals surface area contributed by atoms with Crippen molar-refractivity contribution in [2.45, 2.75) is 0 Å². The number of hydrogen-bond donors (Lipinski definition) is 3. The predicted octanol–water partition coefficient (Wildman–Crippen LogP) is 1.15. The molecule has 2 heterocycles. The number of aromatic nitrogens is 2. The third-order valence-corrected chi connectivity index (χ3v) is 2.16. The third kappa shape index (κ3) is 2.58. The fraction of sp³-hybridized carbons (Fsp3) is 0. The Hall–Kier alpha value is -2.54. The monoisotopic (exact) mass is 247 g/mol. The smallest absolute Gasteiger partial charge is 0.260 e. The van der Waals surface area contributed by atoms with Crippen LogP contribution in [0.4, 0.5) is 16.0 Å². The molecule has 0 spiro atoms. The second kappa shape index (κ2) is 5.19. The molecule has 4 N–H and O–H groups in total. The molecule has 0 fully saturated rings. The van der Waals surface area contributed by atoms with Crippen molar-refractivity contribution in [1.82, 2.24) is 9.97 Å². The summed E-state index contributed by atoms with van der Waals surface area (Å²) in [4.78, 5) is 19.5. The first-order chi connectivity index (χ1) is 8.70. The Labute approximate surface area is 102 Å². The van der Waals surface area contributed by atoms with Crippen molar-refractivity contribution in [2.24, 2.45) is 5.84 Å². The van der Waals surface area contributed by atoms with Gasteiger partial charge < -0.3 is 10.7 Å². The van der Waals surface area contributed by atoms with Crippen LogP contribution < -0.4 is 16.6 Å². The zero-order valence-corrected chi connectivity index (χ0v) is 9.22. The van der Waals surface area contributed by atoms with Crippen molar-refractivity contribution in [3.05, 3.63) is 48.0 Å². The maximum atomic E-state index is 12.7. The lowest BCUT2D eigenvalue weighted by molar-refractivity contribution is 0.102. The summed E-state index contributed by atoms with van der Waals surface area (Å²) >= 11 is 0. The second-order valence-electron chi connectivity index (χ2n) is 3.36. The Morgan fingerprint density at radius 1 is 1.28 bits per heavy atom. The fourth-order valence-corrected chi connectivity index (χ4v) is 1.34. The van der Waals surface area contributed by atoms with Crippen LogP contribution in [0, 0.1) is 5.82 Å². The molecule has 0 saturated carbocycles. The standard InChI is InChI=1S/C11H10FN5O/c12-7-3-4-9(15-6-7)16-11(18)8-2-1-5-14-10(8)17-13/h1-6H,13H2,(H,14,17)(H,15,16,18). The lowest BCUT2D eigenvalue weighted by Gasteiger charge is -2.07. The molecule has 0 unspecified atom stereocenters. The summed E-state index contributed by atoms with van der Waals surface area (Å²) < 4.78 is 12.7. The average molecular weight is 247 g/mol. The van der Waals surface area contributed by atoms with Gasteiger partial charge in [0.15, 0.2) is 5.82 Å². The molecule has 1 amide bonds. The quantitative estimate of drug-likeness (QED) is 0.559. The van der Waals surface area contributed by atoms with E-state index in [4.69, 9.17) is 5.84 Å². The molecule has 0 bridgehead atoms. The van der Waals surface area contributed by atoms with E-state index in [9.17, 15) is 9.18 Å². The van der Waals surface area contributed by atoms with Crippen LogP contribution in [-0.4, -0.2) is 15.9 Å². The number of pyridine rings is 2. The van der Waals surface area contributed by atoms with Gasteiger partial charge in [-0.2, -0.15) is 0 Å². The van der Waals surface area contributed by atoms with Gasteiger partial charge in [0, 0.05) is 6.20 Å². The molecule has 92 valence electrons. The molecular weight excluding hydrogens is 237 g/mol. The number of hydrazine groups is 1. The van der Waals surface area contributed by atoms with Gasteiger partial charge in [0.05, 0.1) is 11.8 Å². The summed E-state index contributed by atoms with van der Waals surface area (Å²) in [5.74, 6) is 4.83. The van der Waals surface area contributed by atoms with Crippen LogP contribution in [0.15, 0.2) is 36.7 Å². The van der Waals surface area contributed by atoms with Crippen LogP contribution in [0.2, 0.25) is 0 Å². The van der Waals surface area contributed by atoms with Gasteiger partial charge in [-0.25, -0.2) is 20.2 Å². The molecule has 0 aliphatic heterocycles. The zero-order chi connectivity index (χ0) is 13.0. The largest absolute Gasteiger partial charge is 0.308 e. The topological polar surface area (TPSA) is 92.9 Å². The molecule has 6 nitrogen and oxygen atoms in total. The maximum absolute atomic E-state index is 12.7. The lowest BCUT2D eigenvalue weighted by Crippen LogP contribution is -2.18. The summed E-state index contributed by atoms with van der Waals surface area (Å²) in [7, 11) is 0. The number of rotatable bonds is 3. The van der Waals surface area contributed by atoms with Crippen molar-refractivity contribution < 1.29 is 9.18 Å². The van der Waals surface area contributed by atoms with E-state index >= 15 is 0 Å². The van der Waals surface area contributed by atoms with Crippen molar-refractivity contribution in [2.75, 3.05) is 10.7 Å². The van der Waals surface area contributed by atoms with Crippen molar-refractivity contribution in [1.29, 1.82) is 0 Å². The average Bonchev–Trinajstić information content (AvgIpc) is 2.41. The van der Waals surface area contributed by atoms with Crippen LogP contribution in [0.5, 0.6) is 0 Å². The first-order valence-electron chi connectivity index (χ1n) is 5.05. The normalized spacial score (nSPS) is 9.89. The van der Waals surface area contributed by atoms with Gasteiger partial charge in [-0.15, -0.1) is 0 Å². The van der Waals surface area contributed by atoms with Crippen LogP contribution >= 0.6 is 0 Å². The summed E-state index contributed by atoms with van der Waals surface area (Å²) in [6.07, 6.45) is 2.52. The van der Waals surface area contributed by atoms with Crippen molar-refractivity contribution >= 4 is 17.5 Å². The van der Waals surface area contributed by atoms with Crippen molar-refractivity contribution in [3.63, 3.8) is 0 Å². The second-order valence-corrected chi connectivity index (χ2v) is 3.36. The van der Waals surface area contributed by atoms with E-state index in [1.165, 1.54) is 18.3 Å². The van der Waals surface area contributed by atoms with Gasteiger partial charge in [-0.1, -0.05) is 0 Å². The zero-order valence-electron chi connectivity index (χ0n) is 9.22. The molecule has 0 saturated heterocycles. The maximum Gasteiger partial charge on any atom is 0.260 e. The summed E-state index contributed by atoms with van der Waals surface area (Å²) in [6.45, 7) is 0. The minimum atomic E-state index is -0.473. The number of carbonyl (C=O) groups is 1. The number of carbonyl (C=O) groups excluding carboxylic acids is 1. The number of amides is 1. The van der Waals surface area contributed by atoms with Crippen LogP contribution in [0.3, 0.4) is 0 Å². The molecule has 2 aromatic rings. The van der Waals surface area contributed by atoms with Crippen LogP contribution in [0.25, 0.3) is 0 Å². The SMILES string of the molecule is NNc1ncccc1C(=O)Nc1ccc(F)cn1. The Bertz CT molecular complexity index is 558. The first-order valence-corrected chi connectivity index (χ1v) is 5.05. The molecule has 2 aromatic heterocycles. The minimum absolute atomic E-state index is 0.244. The van der Waals surface area contributed by atoms with Gasteiger partial charge in [0.2, 0.25) is 0 Å². The lowest BCUT2D eigenvalue weighted by atomic mass is 10.2. The number of nitrogens with two attached hydrogens (primary N) is 1. The Morgan fingerprint density at radius 2 is 2.11 bits per heavy atom. The van der Waals surface area contributed by atoms with E-state index in [1.807, 2.05) is 0 Å². The predicted molar refractivity (Wildman–Crippen MR) is 64.2 cm³/mol. The van der Waals surface area contributed by atoms with E-state index in [0.717, 1.165) is 6.20 Å². The highest BCUT2D eigenvalue weighted by Gasteiger charge is 2.11. The molecule has 0 aliphatic rings. The molecule has 0 aromatic carbocycles. The van der Waals surface area contributed by atoms with Gasteiger partial charge >= 0.3 is 0 Å². The summed E-state index contributed by atoms with van der Waals surface area (Å²) in [5.41, 5.74) is 2.59. The number of halogens is 1. The molecule has 0 radical (unpaired) electrons. The van der Waals surface area contributed by atoms with Crippen molar-refractivity contribution in [3.8, 4) is 0 Å². The number of anilines is 2. The minimum Gasteiger partial charge on any atom is -0.308 e. The van der Waals surface area contributed by atoms with Gasteiger partial charge in [-0.3, -0.25) is 4.79 Å². The Kier molecular flexibility index (Phi) is 3.44. The highest BCUT2D eigenvalue weighted by atomic mass is 19.1. The Morgan fingerprint density at radius 3 is 2.78 bits per heavy atom. The summed E-state index contributed by atoms with van der Waals surface area (Å²) in [6, 6.07) is 5.72. The van der Waals surface area contributed by atoms with Crippen LogP contribution in [-0.2, 0) is 0 Å². The van der Waals surface area contributed by atoms with Gasteiger partial charge in [-0.05, 0) is 24.3 Å². The Balaban J connectivity index is 2.19. The van der Waals surface area contributed by atoms with Gasteiger partial charge in [0.25, 0.3) is 5.91 Å². The van der Waals surface area contributed by atoms with E-state index in [1.54, 1.807) is 12.1 Å². The van der Waals surface area contributed by atoms with E-state index in [-0.39, 0.29) is 17.2 Å². The molecule has 7 heteroatoms. The molecule has 0 aliphatic carbocycles. The van der Waals surface area contributed by atoms with E-state index in [0.29, 0.717) is 0 Å². The van der Waals surface area contributed by atoms with E-state index in [2.05, 4.69) is 20.7 Å². The molecule has 2 rings (SSSR count). The summed E-state index contributed by atoms with van der Waals surface area (Å²) in [5, 5.41) is 2.51. The first kappa shape index (κ1) is 11.9. The van der Waals surface area contributed by atoms with Crippen LogP contribution in [0.1, 0.15) is 10.4 Å². The number of hydrogen-bond acceptors (Lipinski definition) is 5. The van der Waals surface area contributed by atoms with Gasteiger partial charge in [0.1, 0.15) is 11.6 Å². The van der Waals surface area contributed by atoms with E-state index < -0.39 is 11.7 Å². The third-order valence-electron chi connectivity index (χ3n) is 2.16. The number of nitrogens with zero attached hydrogens (tertiary/aromatic N) is 2. The molecule has 0 atom stereocenters. The molecular formula is C11H10FN5O. The molecule has 18 heavy (non-hydrogen) atoms. The highest BCUT2D eigenvalue weighted by molar-refractivity contribution is 6.06.